The van der Waals surface area contributed by atoms with E-state index in [2.05, 4.69) is 35.7 Å². The molecule has 0 aliphatic carbocycles. The molecule has 0 saturated carbocycles. The first kappa shape index (κ1) is 38.5. The Bertz CT molecular complexity index is 1650. The van der Waals surface area contributed by atoms with Gasteiger partial charge in [-0.25, -0.2) is 18.0 Å². The zero-order valence-corrected chi connectivity index (χ0v) is 29.2. The molecule has 0 spiro atoms. The van der Waals surface area contributed by atoms with Crippen LogP contribution in [0.2, 0.25) is 0 Å². The minimum atomic E-state index is -3.82. The summed E-state index contributed by atoms with van der Waals surface area (Å²) in [6, 6.07) is 20.5. The van der Waals surface area contributed by atoms with Crippen LogP contribution in [0.4, 0.5) is 9.59 Å². The maximum Gasteiger partial charge on any atom is 0.407 e. The first-order valence-electron chi connectivity index (χ1n) is 15.7. The summed E-state index contributed by atoms with van der Waals surface area (Å²) in [7, 11) is -1.50. The molecule has 0 fully saturated rings. The van der Waals surface area contributed by atoms with E-state index >= 15 is 0 Å². The minimum absolute atomic E-state index is 0.298. The van der Waals surface area contributed by atoms with Crippen molar-refractivity contribution < 1.29 is 37.1 Å². The fourth-order valence-corrected chi connectivity index (χ4v) is 5.71. The number of rotatable bonds is 16. The van der Waals surface area contributed by atoms with Gasteiger partial charge in [-0.2, -0.15) is 0 Å². The van der Waals surface area contributed by atoms with Gasteiger partial charge in [0.2, 0.25) is 11.8 Å². The highest BCUT2D eigenvalue weighted by Gasteiger charge is 2.45. The van der Waals surface area contributed by atoms with Gasteiger partial charge in [-0.1, -0.05) is 60.7 Å². The summed E-state index contributed by atoms with van der Waals surface area (Å²) in [5.41, 5.74) is 3.61. The Kier molecular flexibility index (Phi) is 14.1. The molecule has 3 rings (SSSR count). The highest BCUT2D eigenvalue weighted by atomic mass is 32.2. The van der Waals surface area contributed by atoms with Gasteiger partial charge in [0, 0.05) is 30.1 Å². The number of pyridine rings is 1. The van der Waals surface area contributed by atoms with Crippen molar-refractivity contribution in [3.8, 4) is 11.3 Å². The quantitative estimate of drug-likeness (QED) is 0.175. The summed E-state index contributed by atoms with van der Waals surface area (Å²) in [6.45, 7) is 2.43. The number of hydrogen-bond donors (Lipinski definition) is 4. The Balaban J connectivity index is 1.86. The molecule has 2 aromatic carbocycles. The van der Waals surface area contributed by atoms with Gasteiger partial charge < -0.3 is 30.7 Å². The van der Waals surface area contributed by atoms with E-state index in [1.54, 1.807) is 6.20 Å². The van der Waals surface area contributed by atoms with Gasteiger partial charge in [0.05, 0.1) is 24.7 Å². The second-order valence-corrected chi connectivity index (χ2v) is 14.7. The lowest BCUT2D eigenvalue weighted by atomic mass is 9.94. The highest BCUT2D eigenvalue weighted by Crippen LogP contribution is 2.22. The van der Waals surface area contributed by atoms with E-state index in [0.29, 0.717) is 25.7 Å². The first-order valence-corrected chi connectivity index (χ1v) is 17.6. The van der Waals surface area contributed by atoms with Gasteiger partial charge in [-0.3, -0.25) is 14.6 Å². The number of aromatic nitrogens is 1. The summed E-state index contributed by atoms with van der Waals surface area (Å²) in [4.78, 5) is 54.8. The summed E-state index contributed by atoms with van der Waals surface area (Å²) in [5, 5.41) is 10.7. The number of ether oxygens (including phenoxy) is 2. The fourth-order valence-electron chi connectivity index (χ4n) is 5.11. The number of nitrogens with one attached hydrogen (secondary N) is 4. The van der Waals surface area contributed by atoms with Crippen molar-refractivity contribution >= 4 is 33.8 Å². The van der Waals surface area contributed by atoms with E-state index in [9.17, 15) is 27.6 Å². The third-order valence-corrected chi connectivity index (χ3v) is 10.4. The van der Waals surface area contributed by atoms with Gasteiger partial charge in [0.1, 0.15) is 12.6 Å². The van der Waals surface area contributed by atoms with Crippen molar-refractivity contribution in [3.63, 3.8) is 0 Å². The molecule has 3 aromatic rings. The predicted octanol–water partition coefficient (Wildman–Crippen LogP) is 3.19. The molecule has 0 radical (unpaired) electrons. The monoisotopic (exact) mass is 695 g/mol. The molecule has 14 heteroatoms. The molecule has 4 N–H and O–H groups in total. The molecule has 0 aliphatic heterocycles. The van der Waals surface area contributed by atoms with E-state index < -0.39 is 56.7 Å². The molecule has 0 bridgehead atoms. The molecule has 264 valence electrons. The van der Waals surface area contributed by atoms with Gasteiger partial charge in [0.15, 0.2) is 9.84 Å². The SMILES string of the molecule is COC(=O)NCC(=O)NC(CCC(Cc1ccccc1)NC(=O)C(NC(=O)OC)C(C)(C)S(C)(=O)=O)Cc1ccc(-c2ccccn2)cc1. The van der Waals surface area contributed by atoms with E-state index in [0.717, 1.165) is 35.7 Å². The van der Waals surface area contributed by atoms with Crippen LogP contribution in [0.5, 0.6) is 0 Å². The molecule has 3 unspecified atom stereocenters. The number of sulfone groups is 1. The lowest BCUT2D eigenvalue weighted by molar-refractivity contribution is -0.124. The zero-order chi connectivity index (χ0) is 36.0. The van der Waals surface area contributed by atoms with Crippen molar-refractivity contribution in [1.82, 2.24) is 26.3 Å². The largest absolute Gasteiger partial charge is 0.453 e. The second kappa shape index (κ2) is 18.0. The van der Waals surface area contributed by atoms with Gasteiger partial charge in [0.25, 0.3) is 0 Å². The molecule has 3 atom stereocenters. The van der Waals surface area contributed by atoms with Crippen LogP contribution in [-0.2, 0) is 41.7 Å². The number of alkyl carbamates (subject to hydrolysis) is 2. The lowest BCUT2D eigenvalue weighted by Gasteiger charge is -2.33. The average molecular weight is 696 g/mol. The Morgan fingerprint density at radius 3 is 1.88 bits per heavy atom. The average Bonchev–Trinajstić information content (AvgIpc) is 3.08. The molecular weight excluding hydrogens is 650 g/mol. The van der Waals surface area contributed by atoms with Crippen molar-refractivity contribution in [2.75, 3.05) is 27.0 Å². The number of amides is 4. The van der Waals surface area contributed by atoms with Crippen molar-refractivity contribution in [2.45, 2.75) is 62.4 Å². The van der Waals surface area contributed by atoms with Gasteiger partial charge in [-0.15, -0.1) is 0 Å². The van der Waals surface area contributed by atoms with Gasteiger partial charge in [-0.05, 0) is 62.8 Å². The number of methoxy groups -OCH3 is 2. The van der Waals surface area contributed by atoms with Crippen LogP contribution in [0.15, 0.2) is 79.0 Å². The number of carbonyl (C=O) groups is 4. The first-order chi connectivity index (χ1) is 23.2. The third-order valence-electron chi connectivity index (χ3n) is 8.24. The standard InChI is InChI=1S/C35H45N5O8S/c1-35(2,49(5,45)46)31(40-34(44)48-4)32(42)39-28(21-24-11-7-6-8-12-24)19-18-27(38-30(41)23-37-33(43)47-3)22-25-14-16-26(17-15-25)29-13-9-10-20-36-29/h6-17,20,27-28,31H,18-19,21-23H2,1-5H3,(H,37,43)(H,38,41)(H,39,42)(H,40,44). The molecule has 0 saturated heterocycles. The van der Waals surface area contributed by atoms with Crippen LogP contribution in [0.1, 0.15) is 37.8 Å². The number of nitrogens with zero attached hydrogens (tertiary/aromatic N) is 1. The molecule has 1 heterocycles. The van der Waals surface area contributed by atoms with E-state index in [4.69, 9.17) is 0 Å². The predicted molar refractivity (Wildman–Crippen MR) is 185 cm³/mol. The number of hydrogen-bond acceptors (Lipinski definition) is 9. The third kappa shape index (κ3) is 11.9. The summed E-state index contributed by atoms with van der Waals surface area (Å²) in [6.07, 6.45) is 2.62. The van der Waals surface area contributed by atoms with E-state index in [-0.39, 0.29) is 6.54 Å². The van der Waals surface area contributed by atoms with Crippen LogP contribution in [0.25, 0.3) is 11.3 Å². The maximum atomic E-state index is 13.8. The highest BCUT2D eigenvalue weighted by molar-refractivity contribution is 7.92. The Hall–Kier alpha value is -4.98. The summed E-state index contributed by atoms with van der Waals surface area (Å²) < 4.78 is 33.0. The lowest BCUT2D eigenvalue weighted by Crippen LogP contribution is -2.61. The van der Waals surface area contributed by atoms with Crippen LogP contribution in [0, 0.1) is 0 Å². The molecular formula is C35H45N5O8S. The second-order valence-electron chi connectivity index (χ2n) is 12.1. The van der Waals surface area contributed by atoms with Crippen molar-refractivity contribution in [1.29, 1.82) is 0 Å². The Morgan fingerprint density at radius 1 is 0.755 bits per heavy atom. The fraction of sp³-hybridized carbons (Fsp3) is 0.400. The molecule has 4 amide bonds. The van der Waals surface area contributed by atoms with Crippen LogP contribution >= 0.6 is 0 Å². The molecule has 49 heavy (non-hydrogen) atoms. The number of carbonyl (C=O) groups excluding carboxylic acids is 4. The van der Waals surface area contributed by atoms with Gasteiger partial charge >= 0.3 is 12.2 Å². The Morgan fingerprint density at radius 2 is 1.33 bits per heavy atom. The van der Waals surface area contributed by atoms with Crippen molar-refractivity contribution in [2.24, 2.45) is 0 Å². The maximum absolute atomic E-state index is 13.8. The Labute approximate surface area is 287 Å². The van der Waals surface area contributed by atoms with Crippen LogP contribution < -0.4 is 21.3 Å². The number of benzene rings is 2. The smallest absolute Gasteiger partial charge is 0.407 e. The minimum Gasteiger partial charge on any atom is -0.453 e. The molecule has 13 nitrogen and oxygen atoms in total. The molecule has 0 aliphatic rings. The van der Waals surface area contributed by atoms with Crippen molar-refractivity contribution in [3.05, 3.63) is 90.1 Å². The summed E-state index contributed by atoms with van der Waals surface area (Å²) in [5.74, 6) is -1.13. The molecule has 1 aromatic heterocycles. The normalized spacial score (nSPS) is 13.2. The van der Waals surface area contributed by atoms with E-state index in [1.165, 1.54) is 21.0 Å². The topological polar surface area (TPSA) is 182 Å². The summed E-state index contributed by atoms with van der Waals surface area (Å²) >= 11 is 0. The van der Waals surface area contributed by atoms with Crippen LogP contribution in [-0.4, -0.2) is 87.3 Å². The zero-order valence-electron chi connectivity index (χ0n) is 28.4. The van der Waals surface area contributed by atoms with Crippen LogP contribution in [0.3, 0.4) is 0 Å². The van der Waals surface area contributed by atoms with E-state index in [1.807, 2.05) is 72.8 Å².